The number of carbonyl (C=O) groups excluding carboxylic acids is 1. The van der Waals surface area contributed by atoms with Crippen LogP contribution in [0.3, 0.4) is 0 Å². The van der Waals surface area contributed by atoms with Gasteiger partial charge in [0, 0.05) is 0 Å². The Morgan fingerprint density at radius 1 is 1.09 bits per heavy atom. The van der Waals surface area contributed by atoms with Crippen LogP contribution in [0.4, 0.5) is 22.0 Å². The van der Waals surface area contributed by atoms with Gasteiger partial charge < -0.3 is 9.84 Å². The van der Waals surface area contributed by atoms with E-state index in [0.29, 0.717) is 0 Å². The Morgan fingerprint density at radius 3 is 2.09 bits per heavy atom. The molecule has 0 amide bonds. The smallest absolute Gasteiger partial charge is 0.362 e. The first-order valence-electron chi connectivity index (χ1n) is 5.74. The van der Waals surface area contributed by atoms with Crippen molar-refractivity contribution >= 4 is 21.9 Å². The normalized spacial score (nSPS) is 10.7. The van der Waals surface area contributed by atoms with Gasteiger partial charge in [0.25, 0.3) is 0 Å². The summed E-state index contributed by atoms with van der Waals surface area (Å²) in [6.07, 6.45) is 0. The molecule has 0 bridgehead atoms. The molecule has 0 aliphatic rings. The molecular formula is C13H5BrF5NO3. The fourth-order valence-corrected chi connectivity index (χ4v) is 1.89. The van der Waals surface area contributed by atoms with Gasteiger partial charge in [-0.15, -0.1) is 0 Å². The highest BCUT2D eigenvalue weighted by molar-refractivity contribution is 9.10. The number of hydrogen-bond acceptors (Lipinski definition) is 4. The molecule has 10 heteroatoms. The number of aryl methyl sites for hydroxylation is 1. The van der Waals surface area contributed by atoms with Crippen LogP contribution in [0.1, 0.15) is 16.1 Å². The van der Waals surface area contributed by atoms with Gasteiger partial charge in [-0.05, 0) is 34.5 Å². The Balaban J connectivity index is 2.48. The van der Waals surface area contributed by atoms with Crippen molar-refractivity contribution in [2.75, 3.05) is 0 Å². The third-order valence-corrected chi connectivity index (χ3v) is 3.29. The summed E-state index contributed by atoms with van der Waals surface area (Å²) >= 11 is 2.81. The molecule has 0 fully saturated rings. The molecule has 1 aromatic heterocycles. The number of hydrogen-bond donors (Lipinski definition) is 1. The lowest BCUT2D eigenvalue weighted by Gasteiger charge is -2.10. The van der Waals surface area contributed by atoms with Crippen molar-refractivity contribution in [2.24, 2.45) is 0 Å². The van der Waals surface area contributed by atoms with Gasteiger partial charge in [0.05, 0.1) is 0 Å². The van der Waals surface area contributed by atoms with Crippen molar-refractivity contribution in [3.63, 3.8) is 0 Å². The van der Waals surface area contributed by atoms with Gasteiger partial charge in [0.2, 0.25) is 34.8 Å². The summed E-state index contributed by atoms with van der Waals surface area (Å²) in [5.41, 5.74) is -0.432. The molecule has 1 heterocycles. The first-order valence-corrected chi connectivity index (χ1v) is 6.54. The van der Waals surface area contributed by atoms with E-state index >= 15 is 0 Å². The maximum Gasteiger partial charge on any atom is 0.362 e. The topological polar surface area (TPSA) is 59.4 Å². The Labute approximate surface area is 133 Å². The van der Waals surface area contributed by atoms with Crippen molar-refractivity contribution < 1.29 is 36.6 Å². The van der Waals surface area contributed by atoms with E-state index in [4.69, 9.17) is 0 Å². The Hall–Kier alpha value is -2.23. The van der Waals surface area contributed by atoms with Crippen molar-refractivity contribution in [1.82, 2.24) is 4.98 Å². The van der Waals surface area contributed by atoms with Gasteiger partial charge in [-0.1, -0.05) is 0 Å². The molecule has 0 radical (unpaired) electrons. The van der Waals surface area contributed by atoms with E-state index in [1.54, 1.807) is 0 Å². The average Bonchev–Trinajstić information content (AvgIpc) is 2.51. The minimum atomic E-state index is -2.37. The minimum absolute atomic E-state index is 0.0552. The fraction of sp³-hybridized carbons (Fsp3) is 0.0769. The van der Waals surface area contributed by atoms with Gasteiger partial charge >= 0.3 is 5.97 Å². The number of aromatic hydroxyl groups is 1. The molecule has 122 valence electrons. The fourth-order valence-electron chi connectivity index (χ4n) is 1.60. The second kappa shape index (κ2) is 6.11. The molecule has 2 aromatic rings. The highest BCUT2D eigenvalue weighted by Gasteiger charge is 2.29. The highest BCUT2D eigenvalue weighted by Crippen LogP contribution is 2.30. The van der Waals surface area contributed by atoms with Crippen molar-refractivity contribution in [3.8, 4) is 11.5 Å². The van der Waals surface area contributed by atoms with Gasteiger partial charge in [0.1, 0.15) is 10.4 Å². The number of carbonyl (C=O) groups is 1. The third kappa shape index (κ3) is 2.98. The van der Waals surface area contributed by atoms with Crippen molar-refractivity contribution in [1.29, 1.82) is 0 Å². The summed E-state index contributed by atoms with van der Waals surface area (Å²) < 4.78 is 70.0. The molecule has 0 spiro atoms. The van der Waals surface area contributed by atoms with E-state index in [-0.39, 0.29) is 15.9 Å². The lowest BCUT2D eigenvalue weighted by molar-refractivity contribution is 0.0708. The van der Waals surface area contributed by atoms with Crippen LogP contribution in [0.15, 0.2) is 10.7 Å². The van der Waals surface area contributed by atoms with Crippen LogP contribution >= 0.6 is 15.9 Å². The summed E-state index contributed by atoms with van der Waals surface area (Å²) in [5.74, 6) is -15.0. The number of aromatic nitrogens is 1. The average molecular weight is 398 g/mol. The summed E-state index contributed by atoms with van der Waals surface area (Å²) in [5, 5.41) is 9.37. The maximum absolute atomic E-state index is 13.5. The molecule has 1 aromatic carbocycles. The van der Waals surface area contributed by atoms with E-state index in [9.17, 15) is 31.9 Å². The number of benzene rings is 1. The molecule has 0 atom stereocenters. The van der Waals surface area contributed by atoms with Crippen LogP contribution in [0, 0.1) is 36.0 Å². The van der Waals surface area contributed by atoms with Gasteiger partial charge in [-0.2, -0.15) is 8.78 Å². The zero-order valence-electron chi connectivity index (χ0n) is 11.1. The third-order valence-electron chi connectivity index (χ3n) is 2.71. The van der Waals surface area contributed by atoms with E-state index in [1.165, 1.54) is 6.92 Å². The zero-order chi connectivity index (χ0) is 17.5. The predicted molar refractivity (Wildman–Crippen MR) is 69.5 cm³/mol. The first kappa shape index (κ1) is 17.1. The van der Waals surface area contributed by atoms with Crippen LogP contribution < -0.4 is 4.74 Å². The molecule has 0 aliphatic heterocycles. The number of rotatable bonds is 2. The lowest BCUT2D eigenvalue weighted by Crippen LogP contribution is -2.16. The Kier molecular flexibility index (Phi) is 4.55. The van der Waals surface area contributed by atoms with E-state index < -0.39 is 46.5 Å². The standard InChI is InChI=1S/C13H5BrF5NO3/c1-3-2-4(21)12(14)20-10(3)13(22)23-11-8(18)6(16)5(15)7(17)9(11)19/h2,21H,1H3. The number of ether oxygens (including phenoxy) is 1. The number of esters is 1. The van der Waals surface area contributed by atoms with E-state index in [2.05, 4.69) is 25.7 Å². The van der Waals surface area contributed by atoms with Gasteiger partial charge in [-0.3, -0.25) is 0 Å². The van der Waals surface area contributed by atoms with E-state index in [0.717, 1.165) is 6.07 Å². The quantitative estimate of drug-likeness (QED) is 0.209. The monoisotopic (exact) mass is 397 g/mol. The van der Waals surface area contributed by atoms with Crippen molar-refractivity contribution in [3.05, 3.63) is 51.0 Å². The molecule has 2 rings (SSSR count). The zero-order valence-corrected chi connectivity index (χ0v) is 12.6. The summed E-state index contributed by atoms with van der Waals surface area (Å²) in [4.78, 5) is 15.4. The molecule has 0 saturated heterocycles. The largest absolute Gasteiger partial charge is 0.505 e. The maximum atomic E-state index is 13.5. The van der Waals surface area contributed by atoms with E-state index in [1.807, 2.05) is 0 Å². The molecule has 0 unspecified atom stereocenters. The predicted octanol–water partition coefficient (Wildman–Crippen LogP) is 3.77. The number of halogens is 6. The molecular weight excluding hydrogens is 393 g/mol. The molecule has 0 aliphatic carbocycles. The highest BCUT2D eigenvalue weighted by atomic mass is 79.9. The molecule has 23 heavy (non-hydrogen) atoms. The molecule has 1 N–H and O–H groups in total. The van der Waals surface area contributed by atoms with Gasteiger partial charge in [-0.25, -0.2) is 22.9 Å². The molecule has 4 nitrogen and oxygen atoms in total. The van der Waals surface area contributed by atoms with Crippen LogP contribution in [0.5, 0.6) is 11.5 Å². The number of pyridine rings is 1. The van der Waals surface area contributed by atoms with Crippen LogP contribution in [-0.2, 0) is 0 Å². The second-order valence-electron chi connectivity index (χ2n) is 4.25. The van der Waals surface area contributed by atoms with Crippen LogP contribution in [-0.4, -0.2) is 16.1 Å². The Bertz CT molecular complexity index is 799. The first-order chi connectivity index (χ1) is 10.6. The minimum Gasteiger partial charge on any atom is -0.505 e. The molecule has 0 saturated carbocycles. The number of nitrogens with zero attached hydrogens (tertiary/aromatic N) is 1. The summed E-state index contributed by atoms with van der Waals surface area (Å²) in [6, 6.07) is 1.09. The van der Waals surface area contributed by atoms with Crippen LogP contribution in [0.25, 0.3) is 0 Å². The van der Waals surface area contributed by atoms with Gasteiger partial charge in [0.15, 0.2) is 5.69 Å². The van der Waals surface area contributed by atoms with Crippen LogP contribution in [0.2, 0.25) is 0 Å². The second-order valence-corrected chi connectivity index (χ2v) is 5.00. The summed E-state index contributed by atoms with van der Waals surface area (Å²) in [7, 11) is 0. The SMILES string of the molecule is Cc1cc(O)c(Br)nc1C(=O)Oc1c(F)c(F)c(F)c(F)c1F. The van der Waals surface area contributed by atoms with Crippen molar-refractivity contribution in [2.45, 2.75) is 6.92 Å². The summed E-state index contributed by atoms with van der Waals surface area (Å²) in [6.45, 7) is 1.31. The lowest BCUT2D eigenvalue weighted by atomic mass is 10.2. The Morgan fingerprint density at radius 2 is 1.57 bits per heavy atom.